The van der Waals surface area contributed by atoms with Crippen LogP contribution in [0.4, 0.5) is 0 Å². The Labute approximate surface area is 165 Å². The summed E-state index contributed by atoms with van der Waals surface area (Å²) in [5, 5.41) is 8.41. The van der Waals surface area contributed by atoms with Crippen molar-refractivity contribution in [2.45, 2.75) is 45.1 Å². The minimum Gasteiger partial charge on any atom is -0.356 e. The average molecular weight is 407 g/mol. The fourth-order valence-electron chi connectivity index (χ4n) is 2.33. The summed E-state index contributed by atoms with van der Waals surface area (Å²) in [6.45, 7) is 3.41. The molecule has 7 nitrogen and oxygen atoms in total. The normalized spacial score (nSPS) is 11.7. The van der Waals surface area contributed by atoms with Crippen molar-refractivity contribution in [1.29, 1.82) is 0 Å². The van der Waals surface area contributed by atoms with Gasteiger partial charge in [0.25, 0.3) is 0 Å². The molecule has 0 aromatic rings. The van der Waals surface area contributed by atoms with Gasteiger partial charge in [0.15, 0.2) is 0 Å². The van der Waals surface area contributed by atoms with Crippen LogP contribution in [0.25, 0.3) is 0 Å². The highest BCUT2D eigenvalue weighted by molar-refractivity contribution is 8.76. The molecule has 3 N–H and O–H groups in total. The number of carbonyl (C=O) groups is 3. The SMILES string of the molecule is CCNC(=O)CC(C(=O)NCCNC)N(C)C(=O)CCCCCSSC. The molecule has 1 unspecified atom stereocenters. The van der Waals surface area contributed by atoms with E-state index in [1.165, 1.54) is 4.90 Å². The maximum Gasteiger partial charge on any atom is 0.243 e. The highest BCUT2D eigenvalue weighted by atomic mass is 33.1. The van der Waals surface area contributed by atoms with Crippen molar-refractivity contribution in [2.75, 3.05) is 45.7 Å². The van der Waals surface area contributed by atoms with Gasteiger partial charge in [-0.3, -0.25) is 14.4 Å². The highest BCUT2D eigenvalue weighted by Crippen LogP contribution is 2.19. The second-order valence-electron chi connectivity index (χ2n) is 5.87. The Morgan fingerprint density at radius 1 is 1.08 bits per heavy atom. The topological polar surface area (TPSA) is 90.5 Å². The molecule has 0 saturated heterocycles. The smallest absolute Gasteiger partial charge is 0.243 e. The average Bonchev–Trinajstić information content (AvgIpc) is 2.62. The predicted octanol–water partition coefficient (Wildman–Crippen LogP) is 1.25. The van der Waals surface area contributed by atoms with Gasteiger partial charge in [0.2, 0.25) is 17.7 Å². The fourth-order valence-corrected chi connectivity index (χ4v) is 3.67. The second-order valence-corrected chi connectivity index (χ2v) is 8.56. The Bertz CT molecular complexity index is 425. The summed E-state index contributed by atoms with van der Waals surface area (Å²) >= 11 is 0. The molecule has 0 aliphatic carbocycles. The van der Waals surface area contributed by atoms with Crippen LogP contribution in [0.15, 0.2) is 0 Å². The van der Waals surface area contributed by atoms with E-state index in [0.717, 1.165) is 25.0 Å². The van der Waals surface area contributed by atoms with E-state index in [1.54, 1.807) is 24.9 Å². The van der Waals surface area contributed by atoms with Crippen LogP contribution in [0.1, 0.15) is 39.0 Å². The molecule has 0 aliphatic rings. The molecule has 0 saturated carbocycles. The maximum absolute atomic E-state index is 12.4. The molecule has 0 aromatic carbocycles. The minimum atomic E-state index is -0.780. The minimum absolute atomic E-state index is 0.0220. The van der Waals surface area contributed by atoms with E-state index in [1.807, 2.05) is 17.7 Å². The molecule has 0 heterocycles. The van der Waals surface area contributed by atoms with Gasteiger partial charge in [-0.05, 0) is 33.1 Å². The van der Waals surface area contributed by atoms with E-state index in [0.29, 0.717) is 26.1 Å². The van der Waals surface area contributed by atoms with Gasteiger partial charge in [-0.25, -0.2) is 0 Å². The van der Waals surface area contributed by atoms with E-state index >= 15 is 0 Å². The van der Waals surface area contributed by atoms with Crippen molar-refractivity contribution in [3.8, 4) is 0 Å². The number of rotatable bonds is 15. The van der Waals surface area contributed by atoms with Gasteiger partial charge in [-0.15, -0.1) is 0 Å². The number of unbranched alkanes of at least 4 members (excludes halogenated alkanes) is 2. The lowest BCUT2D eigenvalue weighted by Gasteiger charge is -2.27. The Morgan fingerprint density at radius 3 is 2.42 bits per heavy atom. The Hall–Kier alpha value is -0.930. The monoisotopic (exact) mass is 406 g/mol. The molecule has 0 spiro atoms. The quantitative estimate of drug-likeness (QED) is 0.280. The van der Waals surface area contributed by atoms with Gasteiger partial charge in [0, 0.05) is 38.9 Å². The van der Waals surface area contributed by atoms with E-state index in [-0.39, 0.29) is 24.1 Å². The summed E-state index contributed by atoms with van der Waals surface area (Å²) < 4.78 is 0. The summed E-state index contributed by atoms with van der Waals surface area (Å²) in [6, 6.07) is -0.780. The van der Waals surface area contributed by atoms with E-state index in [4.69, 9.17) is 0 Å². The van der Waals surface area contributed by atoms with Crippen LogP contribution in [-0.2, 0) is 14.4 Å². The van der Waals surface area contributed by atoms with Crippen LogP contribution in [0.2, 0.25) is 0 Å². The van der Waals surface area contributed by atoms with Crippen molar-refractivity contribution in [3.63, 3.8) is 0 Å². The number of amides is 3. The van der Waals surface area contributed by atoms with E-state index < -0.39 is 6.04 Å². The Kier molecular flexibility index (Phi) is 15.7. The van der Waals surface area contributed by atoms with Crippen molar-refractivity contribution >= 4 is 39.3 Å². The zero-order valence-electron chi connectivity index (χ0n) is 16.4. The molecule has 0 aliphatic heterocycles. The number of hydrogen-bond donors (Lipinski definition) is 3. The molecule has 0 aromatic heterocycles. The zero-order chi connectivity index (χ0) is 19.8. The van der Waals surface area contributed by atoms with Gasteiger partial charge in [-0.2, -0.15) is 0 Å². The summed E-state index contributed by atoms with van der Waals surface area (Å²) in [4.78, 5) is 38.2. The van der Waals surface area contributed by atoms with Gasteiger partial charge in [-0.1, -0.05) is 28.0 Å². The summed E-state index contributed by atoms with van der Waals surface area (Å²) in [6.07, 6.45) is 5.30. The molecule has 9 heteroatoms. The van der Waals surface area contributed by atoms with Crippen molar-refractivity contribution in [1.82, 2.24) is 20.9 Å². The van der Waals surface area contributed by atoms with E-state index in [9.17, 15) is 14.4 Å². The van der Waals surface area contributed by atoms with Gasteiger partial charge >= 0.3 is 0 Å². The maximum atomic E-state index is 12.4. The lowest BCUT2D eigenvalue weighted by molar-refractivity contribution is -0.141. The lowest BCUT2D eigenvalue weighted by Crippen LogP contribution is -2.50. The van der Waals surface area contributed by atoms with Crippen LogP contribution in [0.5, 0.6) is 0 Å². The summed E-state index contributed by atoms with van der Waals surface area (Å²) in [5.41, 5.74) is 0. The van der Waals surface area contributed by atoms with Crippen molar-refractivity contribution in [2.24, 2.45) is 0 Å². The van der Waals surface area contributed by atoms with Crippen LogP contribution in [0, 0.1) is 0 Å². The first kappa shape index (κ1) is 25.1. The molecule has 0 fully saturated rings. The molecule has 1 atom stereocenters. The molecule has 26 heavy (non-hydrogen) atoms. The third kappa shape index (κ3) is 11.6. The van der Waals surface area contributed by atoms with Crippen LogP contribution < -0.4 is 16.0 Å². The molecule has 0 rings (SSSR count). The fraction of sp³-hybridized carbons (Fsp3) is 0.824. The zero-order valence-corrected chi connectivity index (χ0v) is 18.1. The highest BCUT2D eigenvalue weighted by Gasteiger charge is 2.28. The van der Waals surface area contributed by atoms with Crippen LogP contribution >= 0.6 is 21.6 Å². The van der Waals surface area contributed by atoms with Crippen LogP contribution in [-0.4, -0.2) is 74.4 Å². The molecule has 0 bridgehead atoms. The number of likely N-dealkylation sites (N-methyl/N-ethyl adjacent to an activating group) is 2. The standard InChI is InChI=1S/C17H34N4O3S2/c1-5-19-15(22)13-14(17(24)20-11-10-18-2)21(3)16(23)9-7-6-8-12-26-25-4/h14,18H,5-13H2,1-4H3,(H,19,22)(H,20,24). The summed E-state index contributed by atoms with van der Waals surface area (Å²) in [7, 11) is 6.97. The predicted molar refractivity (Wildman–Crippen MR) is 111 cm³/mol. The number of carbonyl (C=O) groups excluding carboxylic acids is 3. The number of nitrogens with zero attached hydrogens (tertiary/aromatic N) is 1. The van der Waals surface area contributed by atoms with Crippen LogP contribution in [0.3, 0.4) is 0 Å². The van der Waals surface area contributed by atoms with Crippen molar-refractivity contribution < 1.29 is 14.4 Å². The van der Waals surface area contributed by atoms with Crippen molar-refractivity contribution in [3.05, 3.63) is 0 Å². The molecule has 0 radical (unpaired) electrons. The third-order valence-corrected chi connectivity index (χ3v) is 5.72. The largest absolute Gasteiger partial charge is 0.356 e. The first-order valence-corrected chi connectivity index (χ1v) is 11.8. The summed E-state index contributed by atoms with van der Waals surface area (Å²) in [5.74, 6) is 0.466. The first-order chi connectivity index (χ1) is 12.5. The number of hydrogen-bond acceptors (Lipinski definition) is 6. The van der Waals surface area contributed by atoms with Gasteiger partial charge in [0.05, 0.1) is 6.42 Å². The molecule has 3 amide bonds. The third-order valence-electron chi connectivity index (χ3n) is 3.83. The Morgan fingerprint density at radius 2 is 1.81 bits per heavy atom. The molecular formula is C17H34N4O3S2. The lowest BCUT2D eigenvalue weighted by atomic mass is 10.1. The second kappa shape index (κ2) is 16.3. The first-order valence-electron chi connectivity index (χ1n) is 9.08. The molecular weight excluding hydrogens is 372 g/mol. The van der Waals surface area contributed by atoms with E-state index in [2.05, 4.69) is 22.2 Å². The molecule has 152 valence electrons. The van der Waals surface area contributed by atoms with Gasteiger partial charge in [0.1, 0.15) is 6.04 Å². The number of nitrogens with one attached hydrogen (secondary N) is 3. The Balaban J connectivity index is 4.58. The van der Waals surface area contributed by atoms with Gasteiger partial charge < -0.3 is 20.9 Å².